The first kappa shape index (κ1) is 24.6. The molecule has 0 spiro atoms. The van der Waals surface area contributed by atoms with Gasteiger partial charge in [-0.1, -0.05) is 0 Å². The zero-order chi connectivity index (χ0) is 22.4. The van der Waals surface area contributed by atoms with Gasteiger partial charge in [0.05, 0.1) is 19.8 Å². The topological polar surface area (TPSA) is 128 Å². The van der Waals surface area contributed by atoms with E-state index in [1.165, 1.54) is 17.0 Å². The largest absolute Gasteiger partial charge is 0.466 e. The van der Waals surface area contributed by atoms with E-state index in [0.717, 1.165) is 0 Å². The fourth-order valence-corrected chi connectivity index (χ4v) is 2.47. The Morgan fingerprint density at radius 3 is 2.30 bits per heavy atom. The summed E-state index contributed by atoms with van der Waals surface area (Å²) in [5.41, 5.74) is 0.750. The fraction of sp³-hybridized carbons (Fsp3) is 0.450. The molecular formula is C20H26N2O8. The normalized spacial score (nSPS) is 11.0. The lowest BCUT2D eigenvalue weighted by atomic mass is 10.1. The molecule has 0 fully saturated rings. The Bertz CT molecular complexity index is 720. The number of nitrogens with one attached hydrogen (secondary N) is 1. The number of carbonyl (C=O) groups excluding carboxylic acids is 5. The van der Waals surface area contributed by atoms with E-state index in [1.54, 1.807) is 26.0 Å². The summed E-state index contributed by atoms with van der Waals surface area (Å²) in [6.45, 7) is 4.15. The van der Waals surface area contributed by atoms with Gasteiger partial charge in [0.25, 0.3) is 12.4 Å². The van der Waals surface area contributed by atoms with E-state index in [2.05, 4.69) is 10.1 Å². The average molecular weight is 422 g/mol. The van der Waals surface area contributed by atoms with Crippen LogP contribution in [-0.4, -0.2) is 63.1 Å². The molecular weight excluding hydrogens is 396 g/mol. The van der Waals surface area contributed by atoms with Crippen molar-refractivity contribution in [1.29, 1.82) is 0 Å². The number of esters is 2. The van der Waals surface area contributed by atoms with Crippen LogP contribution in [0.4, 0.5) is 5.69 Å². The second-order valence-electron chi connectivity index (χ2n) is 5.93. The number of rotatable bonds is 14. The number of carbonyl (C=O) groups is 5. The second-order valence-corrected chi connectivity index (χ2v) is 5.93. The first-order valence-electron chi connectivity index (χ1n) is 9.47. The van der Waals surface area contributed by atoms with Crippen molar-refractivity contribution in [1.82, 2.24) is 5.32 Å². The van der Waals surface area contributed by atoms with E-state index in [9.17, 15) is 24.0 Å². The summed E-state index contributed by atoms with van der Waals surface area (Å²) in [7, 11) is 0. The van der Waals surface area contributed by atoms with Crippen LogP contribution >= 0.6 is 0 Å². The second kappa shape index (κ2) is 13.7. The van der Waals surface area contributed by atoms with Gasteiger partial charge in [0, 0.05) is 17.7 Å². The maximum atomic E-state index is 12.5. The SMILES string of the molecule is CCOC(=O)CCC(NC(=O)c1ccc(N(C=O)CCOC=O)cc1)C(=O)OCC. The summed E-state index contributed by atoms with van der Waals surface area (Å²) < 4.78 is 14.4. The Kier molecular flexibility index (Phi) is 11.2. The van der Waals surface area contributed by atoms with Crippen molar-refractivity contribution in [3.05, 3.63) is 29.8 Å². The van der Waals surface area contributed by atoms with Crippen LogP contribution in [-0.2, 0) is 33.4 Å². The van der Waals surface area contributed by atoms with Gasteiger partial charge in [0.15, 0.2) is 0 Å². The number of hydrogen-bond acceptors (Lipinski definition) is 8. The standard InChI is InChI=1S/C20H26N2O8/c1-3-29-18(25)10-9-17(20(27)30-4-2)21-19(26)15-5-7-16(8-6-15)22(13-23)11-12-28-14-24/h5-8,13-14,17H,3-4,9-12H2,1-2H3,(H,21,26). The molecule has 0 aliphatic carbocycles. The highest BCUT2D eigenvalue weighted by molar-refractivity contribution is 5.97. The maximum Gasteiger partial charge on any atom is 0.328 e. The van der Waals surface area contributed by atoms with Crippen molar-refractivity contribution in [2.75, 3.05) is 31.3 Å². The molecule has 164 valence electrons. The zero-order valence-electron chi connectivity index (χ0n) is 17.0. The third kappa shape index (κ3) is 8.29. The molecule has 1 rings (SSSR count). The average Bonchev–Trinajstić information content (AvgIpc) is 2.74. The van der Waals surface area contributed by atoms with Crippen LogP contribution in [0, 0.1) is 0 Å². The molecule has 0 bridgehead atoms. The predicted molar refractivity (Wildman–Crippen MR) is 106 cm³/mol. The third-order valence-corrected chi connectivity index (χ3v) is 3.93. The third-order valence-electron chi connectivity index (χ3n) is 3.93. The summed E-state index contributed by atoms with van der Waals surface area (Å²) in [5.74, 6) is -1.66. The van der Waals surface area contributed by atoms with E-state index < -0.39 is 23.9 Å². The Balaban J connectivity index is 2.79. The number of hydrogen-bond donors (Lipinski definition) is 1. The molecule has 1 unspecified atom stereocenters. The molecule has 10 heteroatoms. The summed E-state index contributed by atoms with van der Waals surface area (Å²) in [6, 6.07) is 5.04. The lowest BCUT2D eigenvalue weighted by Crippen LogP contribution is -2.42. The van der Waals surface area contributed by atoms with Crippen LogP contribution in [0.25, 0.3) is 0 Å². The molecule has 0 saturated heterocycles. The minimum absolute atomic E-state index is 0.0339. The predicted octanol–water partition coefficient (Wildman–Crippen LogP) is 0.827. The molecule has 0 saturated carbocycles. The Hall–Kier alpha value is -3.43. The lowest BCUT2D eigenvalue weighted by molar-refractivity contribution is -0.147. The van der Waals surface area contributed by atoms with Crippen molar-refractivity contribution < 1.29 is 38.2 Å². The highest BCUT2D eigenvalue weighted by atomic mass is 16.5. The first-order chi connectivity index (χ1) is 14.5. The first-order valence-corrected chi connectivity index (χ1v) is 9.47. The molecule has 0 heterocycles. The van der Waals surface area contributed by atoms with E-state index >= 15 is 0 Å². The molecule has 0 aromatic heterocycles. The minimum atomic E-state index is -1.01. The molecule has 0 aliphatic rings. The van der Waals surface area contributed by atoms with E-state index in [0.29, 0.717) is 18.6 Å². The summed E-state index contributed by atoms with van der Waals surface area (Å²) in [4.78, 5) is 58.9. The van der Waals surface area contributed by atoms with Gasteiger partial charge in [-0.25, -0.2) is 4.79 Å². The number of anilines is 1. The number of ether oxygens (including phenoxy) is 3. The Morgan fingerprint density at radius 1 is 1.07 bits per heavy atom. The molecule has 30 heavy (non-hydrogen) atoms. The number of benzene rings is 1. The van der Waals surface area contributed by atoms with Crippen molar-refractivity contribution in [2.45, 2.75) is 32.7 Å². The fourth-order valence-electron chi connectivity index (χ4n) is 2.47. The Labute approximate surface area is 174 Å². The smallest absolute Gasteiger partial charge is 0.328 e. The quantitative estimate of drug-likeness (QED) is 0.202. The van der Waals surface area contributed by atoms with E-state index in [-0.39, 0.29) is 44.8 Å². The summed E-state index contributed by atoms with van der Waals surface area (Å²) >= 11 is 0. The van der Waals surface area contributed by atoms with Crippen LogP contribution in [0.3, 0.4) is 0 Å². The number of nitrogens with zero attached hydrogens (tertiary/aromatic N) is 1. The highest BCUT2D eigenvalue weighted by Gasteiger charge is 2.24. The van der Waals surface area contributed by atoms with Crippen LogP contribution in [0.5, 0.6) is 0 Å². The van der Waals surface area contributed by atoms with Crippen molar-refractivity contribution >= 4 is 36.4 Å². The summed E-state index contributed by atoms with van der Waals surface area (Å²) in [6.07, 6.45) is 0.570. The molecule has 10 nitrogen and oxygen atoms in total. The zero-order valence-corrected chi connectivity index (χ0v) is 17.0. The van der Waals surface area contributed by atoms with Gasteiger partial charge in [0.1, 0.15) is 12.6 Å². The van der Waals surface area contributed by atoms with Gasteiger partial charge >= 0.3 is 11.9 Å². The molecule has 2 amide bonds. The van der Waals surface area contributed by atoms with Crippen LogP contribution in [0.2, 0.25) is 0 Å². The lowest BCUT2D eigenvalue weighted by Gasteiger charge is -2.18. The molecule has 1 aromatic carbocycles. The minimum Gasteiger partial charge on any atom is -0.466 e. The van der Waals surface area contributed by atoms with E-state index in [1.807, 2.05) is 0 Å². The van der Waals surface area contributed by atoms with Crippen LogP contribution in [0.1, 0.15) is 37.0 Å². The molecule has 1 N–H and O–H groups in total. The van der Waals surface area contributed by atoms with Crippen molar-refractivity contribution in [3.8, 4) is 0 Å². The van der Waals surface area contributed by atoms with Gasteiger partial charge in [-0.05, 0) is 44.5 Å². The van der Waals surface area contributed by atoms with Crippen LogP contribution in [0.15, 0.2) is 24.3 Å². The summed E-state index contributed by atoms with van der Waals surface area (Å²) in [5, 5.41) is 2.56. The van der Waals surface area contributed by atoms with Gasteiger partial charge in [-0.3, -0.25) is 19.2 Å². The molecule has 1 atom stereocenters. The van der Waals surface area contributed by atoms with E-state index in [4.69, 9.17) is 9.47 Å². The van der Waals surface area contributed by atoms with Crippen LogP contribution < -0.4 is 10.2 Å². The molecule has 0 aliphatic heterocycles. The van der Waals surface area contributed by atoms with Gasteiger partial charge in [0.2, 0.25) is 6.41 Å². The molecule has 1 aromatic rings. The Morgan fingerprint density at radius 2 is 1.73 bits per heavy atom. The molecule has 0 radical (unpaired) electrons. The van der Waals surface area contributed by atoms with Gasteiger partial charge < -0.3 is 24.4 Å². The monoisotopic (exact) mass is 422 g/mol. The van der Waals surface area contributed by atoms with Crippen molar-refractivity contribution in [3.63, 3.8) is 0 Å². The number of amides is 2. The maximum absolute atomic E-state index is 12.5. The van der Waals surface area contributed by atoms with Gasteiger partial charge in [-0.2, -0.15) is 0 Å². The highest BCUT2D eigenvalue weighted by Crippen LogP contribution is 2.14. The van der Waals surface area contributed by atoms with Gasteiger partial charge in [-0.15, -0.1) is 0 Å². The van der Waals surface area contributed by atoms with Crippen molar-refractivity contribution in [2.24, 2.45) is 0 Å².